The number of carbonyl (C=O) groups is 3. The Bertz CT molecular complexity index is 2050. The van der Waals surface area contributed by atoms with Gasteiger partial charge in [0.15, 0.2) is 0 Å². The first-order chi connectivity index (χ1) is 28.0. The molecule has 0 saturated heterocycles. The zero-order valence-corrected chi connectivity index (χ0v) is 34.4. The van der Waals surface area contributed by atoms with E-state index in [1.165, 1.54) is 19.3 Å². The average molecular weight is 810 g/mol. The summed E-state index contributed by atoms with van der Waals surface area (Å²) in [5.41, 5.74) is 7.54. The first-order valence-electron chi connectivity index (χ1n) is 18.7. The molecular weight excluding hydrogens is 755 g/mol. The van der Waals surface area contributed by atoms with Crippen LogP contribution in [0.2, 0.25) is 0 Å². The Morgan fingerprint density at radius 1 is 0.627 bits per heavy atom. The fraction of sp³-hybridized carbons (Fsp3) is 0.180. The summed E-state index contributed by atoms with van der Waals surface area (Å²) in [6, 6.07) is 45.9. The molecule has 1 amide bonds. The molecule has 0 unspecified atom stereocenters. The van der Waals surface area contributed by atoms with Crippen LogP contribution in [0.1, 0.15) is 35.2 Å². The zero-order valence-electron chi connectivity index (χ0n) is 33.6. The van der Waals surface area contributed by atoms with Crippen molar-refractivity contribution in [3.05, 3.63) is 204 Å². The predicted molar refractivity (Wildman–Crippen MR) is 248 cm³/mol. The van der Waals surface area contributed by atoms with E-state index >= 15 is 0 Å². The van der Waals surface area contributed by atoms with Crippen LogP contribution in [0.15, 0.2) is 176 Å². The number of ether oxygens (including phenoxy) is 1. The molecule has 8 nitrogen and oxygen atoms in total. The maximum atomic E-state index is 12.9. The highest BCUT2D eigenvalue weighted by molar-refractivity contribution is 8.00. The largest absolute Gasteiger partial charge is 0.478 e. The van der Waals surface area contributed by atoms with Gasteiger partial charge in [-0.3, -0.25) is 4.79 Å². The van der Waals surface area contributed by atoms with E-state index in [0.29, 0.717) is 5.75 Å². The Balaban J connectivity index is 0.000000460. The summed E-state index contributed by atoms with van der Waals surface area (Å²) in [4.78, 5) is 40.0. The topological polar surface area (TPSA) is 99.2 Å². The number of hydrogen-bond donors (Lipinski definition) is 2. The van der Waals surface area contributed by atoms with E-state index in [2.05, 4.69) is 41.7 Å². The van der Waals surface area contributed by atoms with Crippen LogP contribution in [0, 0.1) is 0 Å². The van der Waals surface area contributed by atoms with Crippen molar-refractivity contribution in [1.82, 2.24) is 5.32 Å². The van der Waals surface area contributed by atoms with Crippen molar-refractivity contribution in [2.45, 2.75) is 18.2 Å². The van der Waals surface area contributed by atoms with Crippen LogP contribution >= 0.6 is 11.8 Å². The Hall–Kier alpha value is -6.58. The van der Waals surface area contributed by atoms with Gasteiger partial charge >= 0.3 is 11.9 Å². The summed E-state index contributed by atoms with van der Waals surface area (Å²) >= 11 is 1.59. The number of carboxylic acids is 1. The van der Waals surface area contributed by atoms with E-state index in [9.17, 15) is 14.4 Å². The maximum Gasteiger partial charge on any atom is 0.329 e. The molecule has 0 spiro atoms. The van der Waals surface area contributed by atoms with E-state index in [0.717, 1.165) is 45.3 Å². The smallest absolute Gasteiger partial charge is 0.329 e. The molecule has 0 aliphatic heterocycles. The lowest BCUT2D eigenvalue weighted by Gasteiger charge is -2.36. The standard InChI is InChI=1S/C36H36N2O3S.C13H15NO2.CH4/c1-38(2)32-25-23-28(24-26-32)15-13-14-22-34(39)37-33(35(40)41-3)27-42-36(29-16-7-4-8-17-29,30-18-9-5-10-19-30)31-20-11-6-12-21-31;1-14(2)12-9-7-11(8-10-12)5-3-4-6-13(15)16;/h4-26,33H,27H2,1-3H3,(H,37,39);3-10H,1-2H3,(H,15,16);1H4/b15-13+,22-14+;5-3+,6-4+;/t33-;;/m1../s1. The van der Waals surface area contributed by atoms with E-state index < -0.39 is 22.7 Å². The van der Waals surface area contributed by atoms with Crippen LogP contribution < -0.4 is 15.1 Å². The second kappa shape index (κ2) is 24.2. The van der Waals surface area contributed by atoms with Crippen LogP contribution in [0.25, 0.3) is 12.2 Å². The third-order valence-corrected chi connectivity index (χ3v) is 10.6. The Morgan fingerprint density at radius 2 is 1.02 bits per heavy atom. The number of allylic oxidation sites excluding steroid dienone is 4. The van der Waals surface area contributed by atoms with Gasteiger partial charge in [-0.05, 0) is 52.1 Å². The predicted octanol–water partition coefficient (Wildman–Crippen LogP) is 9.75. The molecule has 0 aliphatic carbocycles. The number of amides is 1. The molecule has 5 aromatic carbocycles. The highest BCUT2D eigenvalue weighted by atomic mass is 32.2. The Labute approximate surface area is 354 Å². The van der Waals surface area contributed by atoms with Crippen LogP contribution in [0.3, 0.4) is 0 Å². The summed E-state index contributed by atoms with van der Waals surface area (Å²) < 4.78 is 4.47. The van der Waals surface area contributed by atoms with Gasteiger partial charge in [-0.1, -0.05) is 159 Å². The second-order valence-corrected chi connectivity index (χ2v) is 14.7. The normalized spacial score (nSPS) is 11.7. The van der Waals surface area contributed by atoms with Crippen LogP contribution in [-0.2, 0) is 23.9 Å². The molecular formula is C50H55N3O5S. The van der Waals surface area contributed by atoms with Crippen LogP contribution in [-0.4, -0.2) is 70.0 Å². The number of rotatable bonds is 16. The molecule has 59 heavy (non-hydrogen) atoms. The first kappa shape index (κ1) is 46.8. The lowest BCUT2D eigenvalue weighted by atomic mass is 9.84. The molecule has 0 heterocycles. The number of carboxylic acid groups (broad SMARTS) is 1. The molecule has 9 heteroatoms. The SMILES string of the molecule is C.CN(C)c1ccc(/C=C/C=C/C(=O)O)cc1.COC(=O)[C@@H](CSC(c1ccccc1)(c1ccccc1)c1ccccc1)NC(=O)/C=C/C=C/c1ccc(N(C)C)cc1. The van der Waals surface area contributed by atoms with Crippen LogP contribution in [0.5, 0.6) is 0 Å². The summed E-state index contributed by atoms with van der Waals surface area (Å²) in [6.07, 6.45) is 13.0. The number of nitrogens with one attached hydrogen (secondary N) is 1. The number of aliphatic carboxylic acids is 1. The van der Waals surface area contributed by atoms with Gasteiger partial charge < -0.3 is 25.0 Å². The number of methoxy groups -OCH3 is 1. The van der Waals surface area contributed by atoms with E-state index in [4.69, 9.17) is 9.84 Å². The van der Waals surface area contributed by atoms with Crippen molar-refractivity contribution in [1.29, 1.82) is 0 Å². The van der Waals surface area contributed by atoms with Crippen molar-refractivity contribution < 1.29 is 24.2 Å². The molecule has 0 bridgehead atoms. The summed E-state index contributed by atoms with van der Waals surface area (Å²) in [5.74, 6) is -1.52. The third kappa shape index (κ3) is 14.4. The lowest BCUT2D eigenvalue weighted by molar-refractivity contribution is -0.143. The number of nitrogens with zero attached hydrogens (tertiary/aromatic N) is 2. The van der Waals surface area contributed by atoms with Gasteiger partial charge in [0.25, 0.3) is 0 Å². The molecule has 5 rings (SSSR count). The minimum Gasteiger partial charge on any atom is -0.478 e. The van der Waals surface area contributed by atoms with Gasteiger partial charge in [0.2, 0.25) is 5.91 Å². The number of benzene rings is 5. The lowest BCUT2D eigenvalue weighted by Crippen LogP contribution is -2.43. The minimum atomic E-state index is -0.937. The average Bonchev–Trinajstić information content (AvgIpc) is 3.25. The van der Waals surface area contributed by atoms with Crippen molar-refractivity contribution in [2.75, 3.05) is 50.9 Å². The number of carbonyl (C=O) groups excluding carboxylic acids is 2. The highest BCUT2D eigenvalue weighted by Crippen LogP contribution is 2.48. The summed E-state index contributed by atoms with van der Waals surface area (Å²) in [5, 5.41) is 11.2. The molecule has 0 aliphatic rings. The molecule has 2 N–H and O–H groups in total. The first-order valence-corrected chi connectivity index (χ1v) is 19.7. The second-order valence-electron chi connectivity index (χ2n) is 13.4. The maximum absolute atomic E-state index is 12.9. The molecule has 0 aromatic heterocycles. The Kier molecular flexibility index (Phi) is 19.2. The number of hydrogen-bond acceptors (Lipinski definition) is 7. The molecule has 0 fully saturated rings. The number of esters is 1. The van der Waals surface area contributed by atoms with Gasteiger partial charge in [0.05, 0.1) is 11.9 Å². The van der Waals surface area contributed by atoms with E-state index in [1.54, 1.807) is 30.0 Å². The van der Waals surface area contributed by atoms with Gasteiger partial charge in [0.1, 0.15) is 6.04 Å². The number of anilines is 2. The molecule has 306 valence electrons. The van der Waals surface area contributed by atoms with E-state index in [-0.39, 0.29) is 13.3 Å². The molecule has 0 saturated carbocycles. The molecule has 1 atom stereocenters. The van der Waals surface area contributed by atoms with Gasteiger partial charge in [-0.25, -0.2) is 9.59 Å². The van der Waals surface area contributed by atoms with Crippen LogP contribution in [0.4, 0.5) is 11.4 Å². The zero-order chi connectivity index (χ0) is 41.8. The fourth-order valence-corrected chi connectivity index (χ4v) is 7.43. The van der Waals surface area contributed by atoms with Crippen molar-refractivity contribution >= 4 is 53.1 Å². The van der Waals surface area contributed by atoms with Gasteiger partial charge in [-0.2, -0.15) is 0 Å². The monoisotopic (exact) mass is 809 g/mol. The van der Waals surface area contributed by atoms with Gasteiger partial charge in [-0.15, -0.1) is 11.8 Å². The summed E-state index contributed by atoms with van der Waals surface area (Å²) in [6.45, 7) is 0. The van der Waals surface area contributed by atoms with Gasteiger partial charge in [0, 0.05) is 57.5 Å². The van der Waals surface area contributed by atoms with Crippen molar-refractivity contribution in [3.8, 4) is 0 Å². The molecule has 5 aromatic rings. The van der Waals surface area contributed by atoms with Crippen molar-refractivity contribution in [2.24, 2.45) is 0 Å². The van der Waals surface area contributed by atoms with Crippen molar-refractivity contribution in [3.63, 3.8) is 0 Å². The summed E-state index contributed by atoms with van der Waals surface area (Å²) in [7, 11) is 9.31. The quantitative estimate of drug-likeness (QED) is 0.0440. The Morgan fingerprint density at radius 3 is 1.37 bits per heavy atom. The minimum absolute atomic E-state index is 0. The van der Waals surface area contributed by atoms with E-state index in [1.807, 2.05) is 153 Å². The fourth-order valence-electron chi connectivity index (χ4n) is 5.89. The number of thioether (sulfide) groups is 1. The highest BCUT2D eigenvalue weighted by Gasteiger charge is 2.38. The molecule has 0 radical (unpaired) electrons. The third-order valence-electron chi connectivity index (χ3n) is 8.91.